The Labute approximate surface area is 151 Å². The van der Waals surface area contributed by atoms with Crippen LogP contribution in [0.15, 0.2) is 52.9 Å². The van der Waals surface area contributed by atoms with E-state index in [-0.39, 0.29) is 24.1 Å². The largest absolute Gasteiger partial charge is 0.459 e. The number of nitrogens with one attached hydrogen (secondary N) is 1. The monoisotopic (exact) mass is 355 g/mol. The summed E-state index contributed by atoms with van der Waals surface area (Å²) in [5, 5.41) is 3.62. The maximum Gasteiger partial charge on any atom is 0.225 e. The molecule has 0 unspecified atom stereocenters. The van der Waals surface area contributed by atoms with Gasteiger partial charge >= 0.3 is 0 Å². The average molecular weight is 355 g/mol. The van der Waals surface area contributed by atoms with Crippen molar-refractivity contribution in [1.29, 1.82) is 0 Å². The van der Waals surface area contributed by atoms with Gasteiger partial charge in [0, 0.05) is 24.0 Å². The van der Waals surface area contributed by atoms with E-state index in [1.54, 1.807) is 0 Å². The van der Waals surface area contributed by atoms with Gasteiger partial charge in [-0.3, -0.25) is 9.69 Å². The minimum Gasteiger partial charge on any atom is -0.459 e. The lowest BCUT2D eigenvalue weighted by atomic mass is 10.2. The molecule has 26 heavy (non-hydrogen) atoms. The van der Waals surface area contributed by atoms with E-state index in [2.05, 4.69) is 5.32 Å². The van der Waals surface area contributed by atoms with E-state index in [4.69, 9.17) is 10.2 Å². The molecule has 3 aromatic rings. The number of hydrogen-bond donors (Lipinski definition) is 2. The SMILES string of the molecule is C[C@@H](c1cc2ccccc2o1)N(C)CCC(=O)Nc1cc(N)ccc1F. The second kappa shape index (κ2) is 7.58. The number of halogens is 1. The fourth-order valence-electron chi connectivity index (χ4n) is 2.75. The molecule has 3 N–H and O–H groups in total. The second-order valence-corrected chi connectivity index (χ2v) is 6.38. The number of benzene rings is 2. The van der Waals surface area contributed by atoms with Gasteiger partial charge in [0.25, 0.3) is 0 Å². The zero-order chi connectivity index (χ0) is 18.7. The maximum absolute atomic E-state index is 13.7. The van der Waals surface area contributed by atoms with Crippen molar-refractivity contribution >= 4 is 28.3 Å². The lowest BCUT2D eigenvalue weighted by Gasteiger charge is -2.22. The standard InChI is InChI=1S/C20H22FN3O2/c1-13(19-11-14-5-3-4-6-18(14)26-19)24(2)10-9-20(25)23-17-12-15(22)7-8-16(17)21/h3-8,11-13H,9-10,22H2,1-2H3,(H,23,25)/t13-/m0/s1. The molecule has 1 heterocycles. The van der Waals surface area contributed by atoms with Crippen LogP contribution in [0.2, 0.25) is 0 Å². The number of carbonyl (C=O) groups excluding carboxylic acids is 1. The first-order chi connectivity index (χ1) is 12.4. The van der Waals surface area contributed by atoms with Crippen LogP contribution < -0.4 is 11.1 Å². The number of nitrogens with zero attached hydrogens (tertiary/aromatic N) is 1. The number of rotatable bonds is 6. The lowest BCUT2D eigenvalue weighted by molar-refractivity contribution is -0.116. The number of fused-ring (bicyclic) bond motifs is 1. The molecule has 0 bridgehead atoms. The maximum atomic E-state index is 13.7. The summed E-state index contributed by atoms with van der Waals surface area (Å²) in [7, 11) is 1.92. The summed E-state index contributed by atoms with van der Waals surface area (Å²) in [6, 6.07) is 14.0. The van der Waals surface area contributed by atoms with Crippen LogP contribution in [-0.4, -0.2) is 24.4 Å². The number of nitrogens with two attached hydrogens (primary N) is 1. The molecule has 1 amide bonds. The van der Waals surface area contributed by atoms with E-state index in [0.29, 0.717) is 12.2 Å². The topological polar surface area (TPSA) is 71.5 Å². The van der Waals surface area contributed by atoms with E-state index in [9.17, 15) is 9.18 Å². The highest BCUT2D eigenvalue weighted by Crippen LogP contribution is 2.26. The summed E-state index contributed by atoms with van der Waals surface area (Å²) < 4.78 is 19.6. The van der Waals surface area contributed by atoms with Crippen molar-refractivity contribution in [3.8, 4) is 0 Å². The van der Waals surface area contributed by atoms with Crippen LogP contribution in [-0.2, 0) is 4.79 Å². The van der Waals surface area contributed by atoms with Gasteiger partial charge in [0.1, 0.15) is 17.2 Å². The summed E-state index contributed by atoms with van der Waals surface area (Å²) in [5.41, 5.74) is 6.97. The van der Waals surface area contributed by atoms with Crippen LogP contribution in [0.1, 0.15) is 25.1 Å². The number of carbonyl (C=O) groups is 1. The third kappa shape index (κ3) is 4.03. The Kier molecular flexibility index (Phi) is 5.23. The molecule has 0 radical (unpaired) electrons. The Morgan fingerprint density at radius 1 is 1.27 bits per heavy atom. The number of para-hydroxylation sites is 1. The third-order valence-electron chi connectivity index (χ3n) is 4.47. The lowest BCUT2D eigenvalue weighted by Crippen LogP contribution is -2.27. The van der Waals surface area contributed by atoms with E-state index in [1.165, 1.54) is 18.2 Å². The fraction of sp³-hybridized carbons (Fsp3) is 0.250. The first-order valence-corrected chi connectivity index (χ1v) is 8.47. The number of hydrogen-bond acceptors (Lipinski definition) is 4. The predicted molar refractivity (Wildman–Crippen MR) is 101 cm³/mol. The molecule has 1 atom stereocenters. The Bertz CT molecular complexity index is 889. The molecule has 3 rings (SSSR count). The highest BCUT2D eigenvalue weighted by molar-refractivity contribution is 5.91. The van der Waals surface area contributed by atoms with E-state index >= 15 is 0 Å². The molecule has 0 spiro atoms. The van der Waals surface area contributed by atoms with Crippen LogP contribution in [0.5, 0.6) is 0 Å². The Balaban J connectivity index is 1.58. The van der Waals surface area contributed by atoms with E-state index < -0.39 is 5.82 Å². The first kappa shape index (κ1) is 17.9. The van der Waals surface area contributed by atoms with Gasteiger partial charge in [0.05, 0.1) is 11.7 Å². The number of nitrogen functional groups attached to an aromatic ring is 1. The number of furan rings is 1. The van der Waals surface area contributed by atoms with Gasteiger partial charge in [-0.15, -0.1) is 0 Å². The van der Waals surface area contributed by atoms with Gasteiger partial charge in [0.15, 0.2) is 0 Å². The van der Waals surface area contributed by atoms with Crippen molar-refractivity contribution in [1.82, 2.24) is 4.90 Å². The Morgan fingerprint density at radius 2 is 2.04 bits per heavy atom. The third-order valence-corrected chi connectivity index (χ3v) is 4.47. The predicted octanol–water partition coefficient (Wildman–Crippen LogP) is 4.18. The van der Waals surface area contributed by atoms with Gasteiger partial charge in [-0.05, 0) is 44.3 Å². The Hall–Kier alpha value is -2.86. The molecule has 0 saturated carbocycles. The molecular formula is C20H22FN3O2. The van der Waals surface area contributed by atoms with Crippen LogP contribution in [0.25, 0.3) is 11.0 Å². The minimum absolute atomic E-state index is 0.0132. The molecule has 0 fully saturated rings. The molecule has 0 aliphatic carbocycles. The number of anilines is 2. The van der Waals surface area contributed by atoms with Crippen molar-refractivity contribution in [2.75, 3.05) is 24.6 Å². The van der Waals surface area contributed by atoms with Gasteiger partial charge < -0.3 is 15.5 Å². The van der Waals surface area contributed by atoms with Crippen molar-refractivity contribution in [3.63, 3.8) is 0 Å². The van der Waals surface area contributed by atoms with Crippen molar-refractivity contribution in [3.05, 3.63) is 60.1 Å². The molecule has 136 valence electrons. The van der Waals surface area contributed by atoms with Gasteiger partial charge in [-0.1, -0.05) is 18.2 Å². The first-order valence-electron chi connectivity index (χ1n) is 8.47. The summed E-state index contributed by atoms with van der Waals surface area (Å²) >= 11 is 0. The molecule has 0 aliphatic heterocycles. The van der Waals surface area contributed by atoms with E-state index in [1.807, 2.05) is 49.2 Å². The van der Waals surface area contributed by atoms with Crippen molar-refractivity contribution in [2.24, 2.45) is 0 Å². The summed E-state index contributed by atoms with van der Waals surface area (Å²) in [6.45, 7) is 2.53. The second-order valence-electron chi connectivity index (χ2n) is 6.38. The van der Waals surface area contributed by atoms with Crippen molar-refractivity contribution < 1.29 is 13.6 Å². The normalized spacial score (nSPS) is 12.5. The van der Waals surface area contributed by atoms with Crippen LogP contribution >= 0.6 is 0 Å². The van der Waals surface area contributed by atoms with Gasteiger partial charge in [-0.2, -0.15) is 0 Å². The van der Waals surface area contributed by atoms with Crippen LogP contribution in [0.3, 0.4) is 0 Å². The zero-order valence-electron chi connectivity index (χ0n) is 14.8. The molecule has 6 heteroatoms. The van der Waals surface area contributed by atoms with Gasteiger partial charge in [-0.25, -0.2) is 4.39 Å². The molecule has 1 aromatic heterocycles. The van der Waals surface area contributed by atoms with E-state index in [0.717, 1.165) is 16.7 Å². The smallest absolute Gasteiger partial charge is 0.225 e. The summed E-state index contributed by atoms with van der Waals surface area (Å²) in [5.74, 6) is 0.0747. The molecule has 0 saturated heterocycles. The fourth-order valence-corrected chi connectivity index (χ4v) is 2.75. The molecule has 0 aliphatic rings. The molecular weight excluding hydrogens is 333 g/mol. The zero-order valence-corrected chi connectivity index (χ0v) is 14.8. The highest BCUT2D eigenvalue weighted by atomic mass is 19.1. The average Bonchev–Trinajstić information content (AvgIpc) is 3.06. The number of amides is 1. The molecule has 2 aromatic carbocycles. The van der Waals surface area contributed by atoms with Crippen molar-refractivity contribution in [2.45, 2.75) is 19.4 Å². The minimum atomic E-state index is -0.503. The molecule has 5 nitrogen and oxygen atoms in total. The summed E-state index contributed by atoms with van der Waals surface area (Å²) in [4.78, 5) is 14.1. The quantitative estimate of drug-likeness (QED) is 0.651. The van der Waals surface area contributed by atoms with Gasteiger partial charge in [0.2, 0.25) is 5.91 Å². The summed E-state index contributed by atoms with van der Waals surface area (Å²) in [6.07, 6.45) is 0.231. The van der Waals surface area contributed by atoms with Crippen LogP contribution in [0.4, 0.5) is 15.8 Å². The van der Waals surface area contributed by atoms with Crippen LogP contribution in [0, 0.1) is 5.82 Å². The Morgan fingerprint density at radius 3 is 2.81 bits per heavy atom. The highest BCUT2D eigenvalue weighted by Gasteiger charge is 2.17.